The molecule has 0 fully saturated rings. The van der Waals surface area contributed by atoms with E-state index in [1.54, 1.807) is 11.0 Å². The quantitative estimate of drug-likeness (QED) is 0.150. The molecule has 3 aromatic rings. The summed E-state index contributed by atoms with van der Waals surface area (Å²) in [7, 11) is 0. The van der Waals surface area contributed by atoms with Gasteiger partial charge in [0.25, 0.3) is 0 Å². The number of aliphatic imine (C=N–C) groups is 2. The predicted molar refractivity (Wildman–Crippen MR) is 142 cm³/mol. The number of halogens is 3. The Kier molecular flexibility index (Phi) is 8.66. The van der Waals surface area contributed by atoms with E-state index in [1.807, 2.05) is 38.1 Å². The van der Waals surface area contributed by atoms with Crippen molar-refractivity contribution in [2.75, 3.05) is 6.61 Å². The van der Waals surface area contributed by atoms with Crippen LogP contribution in [0.5, 0.6) is 5.75 Å². The molecule has 0 saturated carbocycles. The highest BCUT2D eigenvalue weighted by Crippen LogP contribution is 2.41. The largest absolute Gasteiger partial charge is 0.491 e. The average molecular weight is 527 g/mol. The van der Waals surface area contributed by atoms with Crippen LogP contribution in [0.15, 0.2) is 70.0 Å². The number of ether oxygens (including phenoxy) is 1. The van der Waals surface area contributed by atoms with Crippen molar-refractivity contribution in [1.29, 1.82) is 0 Å². The summed E-state index contributed by atoms with van der Waals surface area (Å²) in [5.74, 6) is 0.361. The molecule has 0 aliphatic heterocycles. The lowest BCUT2D eigenvalue weighted by molar-refractivity contribution is 0.301. The molecule has 1 aliphatic rings. The second kappa shape index (κ2) is 12.1. The van der Waals surface area contributed by atoms with Crippen LogP contribution in [0.3, 0.4) is 0 Å². The van der Waals surface area contributed by atoms with E-state index in [0.29, 0.717) is 42.4 Å². The fourth-order valence-electron chi connectivity index (χ4n) is 4.53. The third kappa shape index (κ3) is 6.22. The van der Waals surface area contributed by atoms with Crippen LogP contribution in [-0.2, 0) is 0 Å². The third-order valence-electron chi connectivity index (χ3n) is 6.30. The highest BCUT2D eigenvalue weighted by molar-refractivity contribution is 6.25. The zero-order chi connectivity index (χ0) is 26.4. The van der Waals surface area contributed by atoms with E-state index in [2.05, 4.69) is 26.6 Å². The van der Waals surface area contributed by atoms with Gasteiger partial charge in [0.2, 0.25) is 0 Å². The normalized spacial score (nSPS) is 16.7. The molecule has 4 rings (SSSR count). The molecular weight excluding hydrogens is 498 g/mol. The standard InChI is InChI=1S/C27H29ClF2N6O/c1-17(7-6-14-37-25-9-5-4-8-24(25)36-16-32-18(2)35-36)33-27(34-28)22-13-12-21(26(22)31-3)20-11-10-19(29)15-23(20)30/h4-5,8-11,15-17,21H,3,6-7,12-14H2,1-2H3,(H,33,34). The van der Waals surface area contributed by atoms with Crippen LogP contribution in [0.1, 0.15) is 49.9 Å². The molecular formula is C27H29ClF2N6O. The van der Waals surface area contributed by atoms with Gasteiger partial charge in [-0.1, -0.05) is 18.2 Å². The first-order chi connectivity index (χ1) is 17.9. The minimum Gasteiger partial charge on any atom is -0.491 e. The van der Waals surface area contributed by atoms with E-state index in [0.717, 1.165) is 35.9 Å². The van der Waals surface area contributed by atoms with Gasteiger partial charge in [-0.3, -0.25) is 14.8 Å². The van der Waals surface area contributed by atoms with Crippen molar-refractivity contribution in [3.05, 3.63) is 83.1 Å². The van der Waals surface area contributed by atoms with Crippen LogP contribution < -0.4 is 9.57 Å². The Morgan fingerprint density at radius 2 is 2.11 bits per heavy atom. The molecule has 2 unspecified atom stereocenters. The lowest BCUT2D eigenvalue weighted by atomic mass is 9.96. The third-order valence-corrected chi connectivity index (χ3v) is 6.48. The van der Waals surface area contributed by atoms with Crippen LogP contribution in [0.4, 0.5) is 8.78 Å². The van der Waals surface area contributed by atoms with E-state index >= 15 is 0 Å². The first kappa shape index (κ1) is 26.5. The zero-order valence-corrected chi connectivity index (χ0v) is 21.6. The fraction of sp³-hybridized carbons (Fsp3) is 0.333. The Labute approximate surface area is 220 Å². The Balaban J connectivity index is 1.40. The maximum absolute atomic E-state index is 14.4. The first-order valence-corrected chi connectivity index (χ1v) is 12.5. The van der Waals surface area contributed by atoms with Gasteiger partial charge in [0.15, 0.2) is 0 Å². The van der Waals surface area contributed by atoms with Crippen molar-refractivity contribution < 1.29 is 13.5 Å². The van der Waals surface area contributed by atoms with Gasteiger partial charge in [-0.05, 0) is 70.0 Å². The number of aromatic nitrogens is 3. The Morgan fingerprint density at radius 3 is 2.81 bits per heavy atom. The second-order valence-electron chi connectivity index (χ2n) is 8.89. The van der Waals surface area contributed by atoms with Gasteiger partial charge >= 0.3 is 0 Å². The molecule has 1 aliphatic carbocycles. The number of para-hydroxylation sites is 2. The SMILES string of the molecule is C=NC1=C(C(=NC(C)CCCOc2ccccc2-n2cnc(C)n2)NCl)CCC1c1ccc(F)cc1F. The summed E-state index contributed by atoms with van der Waals surface area (Å²) < 4.78 is 35.5. The van der Waals surface area contributed by atoms with Crippen molar-refractivity contribution >= 4 is 24.3 Å². The molecule has 2 atom stereocenters. The summed E-state index contributed by atoms with van der Waals surface area (Å²) >= 11 is 6.04. The maximum atomic E-state index is 14.4. The average Bonchev–Trinajstić information content (AvgIpc) is 3.51. The summed E-state index contributed by atoms with van der Waals surface area (Å²) in [5.41, 5.74) is 2.61. The van der Waals surface area contributed by atoms with E-state index in [9.17, 15) is 8.78 Å². The zero-order valence-electron chi connectivity index (χ0n) is 20.8. The summed E-state index contributed by atoms with van der Waals surface area (Å²) in [6, 6.07) is 11.2. The van der Waals surface area contributed by atoms with Crippen LogP contribution >= 0.6 is 11.8 Å². The van der Waals surface area contributed by atoms with E-state index in [-0.39, 0.29) is 12.0 Å². The lowest BCUT2D eigenvalue weighted by Gasteiger charge is -2.15. The molecule has 0 bridgehead atoms. The number of hydrogen-bond donors (Lipinski definition) is 1. The number of allylic oxidation sites excluding steroid dienone is 1. The molecule has 7 nitrogen and oxygen atoms in total. The number of rotatable bonds is 10. The van der Waals surface area contributed by atoms with Crippen molar-refractivity contribution in [1.82, 2.24) is 19.6 Å². The lowest BCUT2D eigenvalue weighted by Crippen LogP contribution is -2.19. The first-order valence-electron chi connectivity index (χ1n) is 12.1. The van der Waals surface area contributed by atoms with E-state index in [4.69, 9.17) is 21.5 Å². The smallest absolute Gasteiger partial charge is 0.147 e. The van der Waals surface area contributed by atoms with Gasteiger partial charge in [-0.2, -0.15) is 5.10 Å². The van der Waals surface area contributed by atoms with Crippen LogP contribution in [-0.4, -0.2) is 40.0 Å². The van der Waals surface area contributed by atoms with Gasteiger partial charge in [0, 0.05) is 35.4 Å². The predicted octanol–water partition coefficient (Wildman–Crippen LogP) is 6.08. The topological polar surface area (TPSA) is 76.7 Å². The molecule has 37 heavy (non-hydrogen) atoms. The van der Waals surface area contributed by atoms with E-state index in [1.165, 1.54) is 12.1 Å². The van der Waals surface area contributed by atoms with Gasteiger partial charge in [0.05, 0.1) is 12.3 Å². The van der Waals surface area contributed by atoms with Crippen molar-refractivity contribution in [2.45, 2.75) is 51.5 Å². The Morgan fingerprint density at radius 1 is 1.30 bits per heavy atom. The number of nitrogens with one attached hydrogen (secondary N) is 1. The summed E-state index contributed by atoms with van der Waals surface area (Å²) in [4.78, 5) is 15.8. The minimum absolute atomic E-state index is 0.0572. The highest BCUT2D eigenvalue weighted by atomic mass is 35.5. The molecule has 1 heterocycles. The number of nitrogens with zero attached hydrogens (tertiary/aromatic N) is 5. The van der Waals surface area contributed by atoms with Crippen molar-refractivity contribution in [3.63, 3.8) is 0 Å². The number of hydrogen-bond acceptors (Lipinski definition) is 5. The second-order valence-corrected chi connectivity index (χ2v) is 9.08. The molecule has 1 N–H and O–H groups in total. The van der Waals surface area contributed by atoms with Crippen molar-refractivity contribution in [2.24, 2.45) is 9.98 Å². The molecule has 10 heteroatoms. The van der Waals surface area contributed by atoms with Gasteiger partial charge < -0.3 is 4.74 Å². The molecule has 0 saturated heterocycles. The number of aryl methyl sites for hydroxylation is 1. The van der Waals surface area contributed by atoms with Gasteiger partial charge in [-0.15, -0.1) is 0 Å². The fourth-order valence-corrected chi connectivity index (χ4v) is 4.69. The van der Waals surface area contributed by atoms with Crippen LogP contribution in [0, 0.1) is 18.6 Å². The summed E-state index contributed by atoms with van der Waals surface area (Å²) in [5, 5.41) is 4.36. The number of benzene rings is 2. The van der Waals surface area contributed by atoms with Crippen LogP contribution in [0.2, 0.25) is 0 Å². The monoisotopic (exact) mass is 526 g/mol. The highest BCUT2D eigenvalue weighted by Gasteiger charge is 2.31. The molecule has 0 radical (unpaired) electrons. The van der Waals surface area contributed by atoms with Crippen molar-refractivity contribution in [3.8, 4) is 11.4 Å². The molecule has 194 valence electrons. The van der Waals surface area contributed by atoms with Gasteiger partial charge in [0.1, 0.15) is 41.1 Å². The molecule has 0 amide bonds. The molecule has 1 aromatic heterocycles. The Hall–Kier alpha value is -3.59. The molecule has 0 spiro atoms. The summed E-state index contributed by atoms with van der Waals surface area (Å²) in [6.07, 6.45) is 4.39. The Bertz CT molecular complexity index is 1320. The van der Waals surface area contributed by atoms with Gasteiger partial charge in [-0.25, -0.2) is 18.4 Å². The summed E-state index contributed by atoms with van der Waals surface area (Å²) in [6.45, 7) is 8.01. The molecule has 2 aromatic carbocycles. The minimum atomic E-state index is -0.615. The van der Waals surface area contributed by atoms with E-state index < -0.39 is 11.6 Å². The maximum Gasteiger partial charge on any atom is 0.147 e. The van der Waals surface area contributed by atoms with Crippen LogP contribution in [0.25, 0.3) is 5.69 Å². The number of amidine groups is 1.